The number of hydrogen-bond donors (Lipinski definition) is 0. The predicted octanol–water partition coefficient (Wildman–Crippen LogP) is -1.91. The van der Waals surface area contributed by atoms with Gasteiger partial charge in [0, 0.05) is 6.42 Å². The summed E-state index contributed by atoms with van der Waals surface area (Å²) in [4.78, 5) is 20.4. The maximum Gasteiger partial charge on any atom is 1.00 e. The molecule has 60 valence electrons. The average Bonchev–Trinajstić information content (AvgIpc) is 2.13. The van der Waals surface area contributed by atoms with E-state index in [2.05, 4.69) is 4.74 Å². The third kappa shape index (κ3) is 1.92. The molecule has 0 saturated carbocycles. The largest absolute Gasteiger partial charge is 1.00 e. The molecular formula is C5H5AgO4. The monoisotopic (exact) mass is 236 g/mol. The van der Waals surface area contributed by atoms with Crippen LogP contribution in [0.15, 0.2) is 0 Å². The van der Waals surface area contributed by atoms with Crippen LogP contribution in [0, 0.1) is 0 Å². The number of Topliss-reactive ketones (excluding diaryl/α,β-unsaturated/α-hetero) is 1. The van der Waals surface area contributed by atoms with E-state index in [1.54, 1.807) is 0 Å². The minimum atomic E-state index is -1.43. The zero-order chi connectivity index (χ0) is 6.85. The molecule has 0 aromatic carbocycles. The molecule has 0 spiro atoms. The smallest absolute Gasteiger partial charge is 0.547 e. The number of hydrogen-bond acceptors (Lipinski definition) is 4. The van der Waals surface area contributed by atoms with Crippen molar-refractivity contribution in [2.75, 3.05) is 6.61 Å². The molecule has 0 radical (unpaired) electrons. The third-order valence-corrected chi connectivity index (χ3v) is 1.14. The molecule has 1 atom stereocenters. The van der Waals surface area contributed by atoms with Gasteiger partial charge in [-0.05, 0) is 0 Å². The molecule has 0 aromatic rings. The van der Waals surface area contributed by atoms with Gasteiger partial charge in [0.2, 0.25) is 0 Å². The van der Waals surface area contributed by atoms with Crippen molar-refractivity contribution in [1.29, 1.82) is 0 Å². The van der Waals surface area contributed by atoms with Crippen molar-refractivity contribution in [3.63, 3.8) is 0 Å². The number of ketones is 1. The van der Waals surface area contributed by atoms with Crippen LogP contribution in [0.1, 0.15) is 6.42 Å². The summed E-state index contributed by atoms with van der Waals surface area (Å²) < 4.78 is 4.52. The molecule has 1 saturated heterocycles. The third-order valence-electron chi connectivity index (χ3n) is 1.14. The summed E-state index contributed by atoms with van der Waals surface area (Å²) >= 11 is 0. The molecule has 4 nitrogen and oxygen atoms in total. The second-order valence-electron chi connectivity index (χ2n) is 1.79. The summed E-state index contributed by atoms with van der Waals surface area (Å²) in [6, 6.07) is 0. The average molecular weight is 237 g/mol. The normalized spacial score (nSPS) is 24.0. The second-order valence-corrected chi connectivity index (χ2v) is 1.79. The zero-order valence-corrected chi connectivity index (χ0v) is 6.41. The van der Waals surface area contributed by atoms with Gasteiger partial charge in [-0.2, -0.15) is 0 Å². The molecule has 1 fully saturated rings. The molecular weight excluding hydrogens is 232 g/mol. The Bertz CT molecular complexity index is 156. The standard InChI is InChI=1S/C5H6O4.Ag/c6-3-1-2-9-4(3)5(7)8;/h4H,1-2H2,(H,7,8);/q;+1/p-1. The van der Waals surface area contributed by atoms with Crippen molar-refractivity contribution >= 4 is 11.8 Å². The van der Waals surface area contributed by atoms with E-state index >= 15 is 0 Å². The molecule has 0 aliphatic carbocycles. The molecule has 0 aromatic heterocycles. The maximum atomic E-state index is 10.5. The van der Waals surface area contributed by atoms with E-state index in [-0.39, 0.29) is 35.4 Å². The van der Waals surface area contributed by atoms with Crippen LogP contribution in [0.5, 0.6) is 0 Å². The number of aliphatic carboxylic acids is 1. The van der Waals surface area contributed by atoms with Crippen LogP contribution in [0.3, 0.4) is 0 Å². The summed E-state index contributed by atoms with van der Waals surface area (Å²) in [5.74, 6) is -1.83. The number of carbonyl (C=O) groups excluding carboxylic acids is 2. The predicted molar refractivity (Wildman–Crippen MR) is 24.4 cm³/mol. The van der Waals surface area contributed by atoms with Crippen molar-refractivity contribution in [3.8, 4) is 0 Å². The van der Waals surface area contributed by atoms with Gasteiger partial charge in [-0.15, -0.1) is 0 Å². The Morgan fingerprint density at radius 3 is 2.50 bits per heavy atom. The van der Waals surface area contributed by atoms with Gasteiger partial charge in [-0.1, -0.05) is 0 Å². The van der Waals surface area contributed by atoms with E-state index < -0.39 is 17.9 Å². The first kappa shape index (κ1) is 9.84. The molecule has 1 aliphatic heterocycles. The van der Waals surface area contributed by atoms with E-state index in [0.29, 0.717) is 0 Å². The Balaban J connectivity index is 0.000000810. The van der Waals surface area contributed by atoms with Gasteiger partial charge in [-0.25, -0.2) is 0 Å². The van der Waals surface area contributed by atoms with Gasteiger partial charge in [0.1, 0.15) is 0 Å². The Morgan fingerprint density at radius 2 is 2.30 bits per heavy atom. The molecule has 1 unspecified atom stereocenters. The van der Waals surface area contributed by atoms with Crippen molar-refractivity contribution in [3.05, 3.63) is 0 Å². The van der Waals surface area contributed by atoms with Crippen molar-refractivity contribution < 1.29 is 41.8 Å². The van der Waals surface area contributed by atoms with Crippen molar-refractivity contribution in [1.82, 2.24) is 0 Å². The Kier molecular flexibility index (Phi) is 3.81. The number of carboxylic acids is 1. The zero-order valence-electron chi connectivity index (χ0n) is 4.93. The first-order chi connectivity index (χ1) is 4.22. The Morgan fingerprint density at radius 1 is 1.70 bits per heavy atom. The van der Waals surface area contributed by atoms with Crippen molar-refractivity contribution in [2.24, 2.45) is 0 Å². The first-order valence-corrected chi connectivity index (χ1v) is 2.57. The van der Waals surface area contributed by atoms with E-state index in [0.717, 1.165) is 0 Å². The summed E-state index contributed by atoms with van der Waals surface area (Å²) in [5, 5.41) is 9.96. The van der Waals surface area contributed by atoms with Gasteiger partial charge in [0.25, 0.3) is 0 Å². The van der Waals surface area contributed by atoms with E-state index in [1.807, 2.05) is 0 Å². The fraction of sp³-hybridized carbons (Fsp3) is 0.600. The van der Waals surface area contributed by atoms with Crippen molar-refractivity contribution in [2.45, 2.75) is 12.5 Å². The first-order valence-electron chi connectivity index (χ1n) is 2.57. The van der Waals surface area contributed by atoms with Crippen LogP contribution in [-0.2, 0) is 36.7 Å². The Labute approximate surface area is 73.1 Å². The van der Waals surface area contributed by atoms with Gasteiger partial charge in [-0.3, -0.25) is 4.79 Å². The minimum absolute atomic E-state index is 0. The molecule has 0 N–H and O–H groups in total. The summed E-state index contributed by atoms with van der Waals surface area (Å²) in [6.07, 6.45) is -1.11. The van der Waals surface area contributed by atoms with Crippen LogP contribution in [0.2, 0.25) is 0 Å². The molecule has 0 amide bonds. The molecule has 1 aliphatic rings. The van der Waals surface area contributed by atoms with E-state index in [1.165, 1.54) is 0 Å². The number of ether oxygens (including phenoxy) is 1. The van der Waals surface area contributed by atoms with Gasteiger partial charge >= 0.3 is 22.4 Å². The Hall–Kier alpha value is -0.160. The molecule has 0 bridgehead atoms. The minimum Gasteiger partial charge on any atom is -0.547 e. The number of carboxylic acid groups (broad SMARTS) is 1. The second kappa shape index (κ2) is 3.88. The van der Waals surface area contributed by atoms with Crippen LogP contribution in [-0.4, -0.2) is 24.5 Å². The van der Waals surface area contributed by atoms with Crippen LogP contribution >= 0.6 is 0 Å². The van der Waals surface area contributed by atoms with Crippen LogP contribution in [0.25, 0.3) is 0 Å². The SMILES string of the molecule is O=C([O-])C1OCCC1=O.[Ag+]. The van der Waals surface area contributed by atoms with E-state index in [4.69, 9.17) is 0 Å². The molecule has 10 heavy (non-hydrogen) atoms. The summed E-state index contributed by atoms with van der Waals surface area (Å²) in [5.41, 5.74) is 0. The van der Waals surface area contributed by atoms with Gasteiger partial charge in [0.15, 0.2) is 11.9 Å². The molecule has 5 heteroatoms. The maximum absolute atomic E-state index is 10.5. The van der Waals surface area contributed by atoms with Crippen LogP contribution < -0.4 is 5.11 Å². The van der Waals surface area contributed by atoms with Gasteiger partial charge < -0.3 is 14.6 Å². The number of rotatable bonds is 1. The summed E-state index contributed by atoms with van der Waals surface area (Å²) in [6.45, 7) is 0.206. The molecule has 1 rings (SSSR count). The summed E-state index contributed by atoms with van der Waals surface area (Å²) in [7, 11) is 0. The topological polar surface area (TPSA) is 66.4 Å². The van der Waals surface area contributed by atoms with E-state index in [9.17, 15) is 14.7 Å². The van der Waals surface area contributed by atoms with Crippen LogP contribution in [0.4, 0.5) is 0 Å². The fourth-order valence-electron chi connectivity index (χ4n) is 0.701. The fourth-order valence-corrected chi connectivity index (χ4v) is 0.701. The number of carbonyl (C=O) groups is 2. The van der Waals surface area contributed by atoms with Gasteiger partial charge in [0.05, 0.1) is 12.6 Å². The quantitative estimate of drug-likeness (QED) is 0.394. The molecule has 1 heterocycles.